The number of amides is 1. The Balaban J connectivity index is 1.48. The lowest BCUT2D eigenvalue weighted by Gasteiger charge is -2.23. The molecule has 2 aromatic carbocycles. The molecule has 1 aliphatic rings. The monoisotopic (exact) mass is 435 g/mol. The number of nitrogens with one attached hydrogen (secondary N) is 2. The number of fused-ring (bicyclic) bond motifs is 1. The number of hydrogen-bond donors (Lipinski definition) is 3. The fraction of sp³-hybridized carbons (Fsp3) is 0.136. The Bertz CT molecular complexity index is 1210. The summed E-state index contributed by atoms with van der Waals surface area (Å²) in [6.45, 7) is 1.69. The average molecular weight is 436 g/mol. The molecule has 0 aliphatic carbocycles. The van der Waals surface area contributed by atoms with Crippen LogP contribution in [0.5, 0.6) is 11.6 Å². The molecule has 8 nitrogen and oxygen atoms in total. The van der Waals surface area contributed by atoms with Crippen molar-refractivity contribution in [2.45, 2.75) is 12.8 Å². The molecule has 1 amide bonds. The van der Waals surface area contributed by atoms with Gasteiger partial charge in [-0.3, -0.25) is 9.89 Å². The second kappa shape index (κ2) is 8.42. The molecule has 0 radical (unpaired) electrons. The van der Waals surface area contributed by atoms with Crippen LogP contribution >= 0.6 is 11.6 Å². The number of nitriles is 1. The van der Waals surface area contributed by atoms with Crippen molar-refractivity contribution in [1.29, 1.82) is 5.26 Å². The third-order valence-electron chi connectivity index (χ3n) is 4.82. The van der Waals surface area contributed by atoms with Crippen LogP contribution in [0, 0.1) is 18.3 Å². The Kier molecular flexibility index (Phi) is 5.52. The highest BCUT2D eigenvalue weighted by Gasteiger charge is 2.34. The molecule has 1 aliphatic heterocycles. The van der Waals surface area contributed by atoms with E-state index >= 15 is 0 Å². The molecule has 0 saturated carbocycles. The van der Waals surface area contributed by atoms with E-state index in [1.165, 1.54) is 0 Å². The van der Waals surface area contributed by atoms with Gasteiger partial charge in [-0.1, -0.05) is 29.8 Å². The van der Waals surface area contributed by atoms with Crippen LogP contribution in [0.2, 0.25) is 5.02 Å². The van der Waals surface area contributed by atoms with Gasteiger partial charge in [0.15, 0.2) is 6.61 Å². The minimum absolute atomic E-state index is 0.0320. The third-order valence-corrected chi connectivity index (χ3v) is 5.06. The van der Waals surface area contributed by atoms with Gasteiger partial charge in [0.2, 0.25) is 11.8 Å². The maximum atomic E-state index is 12.1. The quantitative estimate of drug-likeness (QED) is 0.562. The average Bonchev–Trinajstić information content (AvgIpc) is 3.12. The van der Waals surface area contributed by atoms with Crippen molar-refractivity contribution < 1.29 is 14.3 Å². The topological polar surface area (TPSA) is 126 Å². The molecule has 3 aromatic rings. The van der Waals surface area contributed by atoms with E-state index in [1.54, 1.807) is 36.4 Å². The molecule has 9 heteroatoms. The summed E-state index contributed by atoms with van der Waals surface area (Å²) >= 11 is 5.92. The van der Waals surface area contributed by atoms with Crippen LogP contribution in [0.1, 0.15) is 22.7 Å². The second-order valence-electron chi connectivity index (χ2n) is 6.91. The molecule has 1 unspecified atom stereocenters. The molecule has 0 bridgehead atoms. The van der Waals surface area contributed by atoms with Crippen molar-refractivity contribution in [2.24, 2.45) is 5.73 Å². The van der Waals surface area contributed by atoms with Gasteiger partial charge in [0.1, 0.15) is 17.4 Å². The Hall–Kier alpha value is -3.96. The minimum atomic E-state index is -0.410. The van der Waals surface area contributed by atoms with Gasteiger partial charge in [-0.25, -0.2) is 0 Å². The zero-order valence-corrected chi connectivity index (χ0v) is 17.2. The number of nitrogens with zero attached hydrogens (tertiary/aromatic N) is 2. The molecule has 0 spiro atoms. The molecule has 0 saturated heterocycles. The summed E-state index contributed by atoms with van der Waals surface area (Å²) < 4.78 is 11.0. The van der Waals surface area contributed by atoms with Crippen LogP contribution in [0.15, 0.2) is 60.0 Å². The standard InChI is InChI=1S/C22H18ClN5O3/c1-12-19-20(17(10-24)21(25)31-22(19)28-27-12)13-5-7-16(8-6-13)30-11-18(29)26-15-4-2-3-14(23)9-15/h2-9,20H,11,25H2,1H3,(H,26,29)(H,27,28). The van der Waals surface area contributed by atoms with Crippen molar-refractivity contribution in [3.8, 4) is 17.7 Å². The lowest BCUT2D eigenvalue weighted by molar-refractivity contribution is -0.118. The molecular weight excluding hydrogens is 418 g/mol. The molecule has 4 rings (SSSR count). The van der Waals surface area contributed by atoms with Crippen LogP contribution < -0.4 is 20.5 Å². The summed E-state index contributed by atoms with van der Waals surface area (Å²) in [7, 11) is 0. The summed E-state index contributed by atoms with van der Waals surface area (Å²) in [6.07, 6.45) is 0. The molecule has 2 heterocycles. The predicted molar refractivity (Wildman–Crippen MR) is 115 cm³/mol. The number of aromatic nitrogens is 2. The number of aromatic amines is 1. The molecule has 31 heavy (non-hydrogen) atoms. The van der Waals surface area contributed by atoms with E-state index in [-0.39, 0.29) is 18.4 Å². The molecule has 4 N–H and O–H groups in total. The summed E-state index contributed by atoms with van der Waals surface area (Å²) in [5.74, 6) is 0.183. The van der Waals surface area contributed by atoms with Crippen LogP contribution in [0.25, 0.3) is 0 Å². The van der Waals surface area contributed by atoms with Gasteiger partial charge in [0.25, 0.3) is 5.91 Å². The first-order valence-electron chi connectivity index (χ1n) is 9.37. The smallest absolute Gasteiger partial charge is 0.262 e. The number of hydrogen-bond acceptors (Lipinski definition) is 6. The normalized spacial score (nSPS) is 14.9. The van der Waals surface area contributed by atoms with Crippen molar-refractivity contribution >= 4 is 23.2 Å². The number of halogens is 1. The van der Waals surface area contributed by atoms with Crippen molar-refractivity contribution in [3.05, 3.63) is 81.8 Å². The molecule has 1 atom stereocenters. The number of aryl methyl sites for hydroxylation is 1. The maximum absolute atomic E-state index is 12.1. The Morgan fingerprint density at radius 3 is 2.84 bits per heavy atom. The number of carbonyl (C=O) groups is 1. The number of nitrogens with two attached hydrogens (primary N) is 1. The zero-order chi connectivity index (χ0) is 22.0. The van der Waals surface area contributed by atoms with Gasteiger partial charge in [0.05, 0.1) is 5.92 Å². The van der Waals surface area contributed by atoms with E-state index in [4.69, 9.17) is 26.8 Å². The van der Waals surface area contributed by atoms with E-state index in [0.29, 0.717) is 27.9 Å². The largest absolute Gasteiger partial charge is 0.484 e. The van der Waals surface area contributed by atoms with Crippen molar-refractivity contribution in [1.82, 2.24) is 10.2 Å². The first kappa shape index (κ1) is 20.3. The summed E-state index contributed by atoms with van der Waals surface area (Å²) in [5.41, 5.74) is 9.21. The molecule has 1 aromatic heterocycles. The zero-order valence-electron chi connectivity index (χ0n) is 16.5. The number of allylic oxidation sites excluding steroid dienone is 1. The molecule has 0 fully saturated rings. The van der Waals surface area contributed by atoms with Gasteiger partial charge in [-0.15, -0.1) is 5.10 Å². The third kappa shape index (κ3) is 4.17. The van der Waals surface area contributed by atoms with Crippen molar-refractivity contribution in [3.63, 3.8) is 0 Å². The maximum Gasteiger partial charge on any atom is 0.262 e. The number of H-pyrrole nitrogens is 1. The highest BCUT2D eigenvalue weighted by molar-refractivity contribution is 6.30. The number of ether oxygens (including phenoxy) is 2. The minimum Gasteiger partial charge on any atom is -0.484 e. The van der Waals surface area contributed by atoms with E-state index in [1.807, 2.05) is 19.1 Å². The van der Waals surface area contributed by atoms with Gasteiger partial charge in [0, 0.05) is 22.0 Å². The van der Waals surface area contributed by atoms with E-state index in [9.17, 15) is 10.1 Å². The molecule has 156 valence electrons. The van der Waals surface area contributed by atoms with Gasteiger partial charge in [-0.2, -0.15) is 5.26 Å². The Labute approximate surface area is 183 Å². The van der Waals surface area contributed by atoms with E-state index < -0.39 is 5.92 Å². The van der Waals surface area contributed by atoms with Crippen LogP contribution in [-0.4, -0.2) is 22.7 Å². The van der Waals surface area contributed by atoms with Crippen LogP contribution in [0.4, 0.5) is 5.69 Å². The lowest BCUT2D eigenvalue weighted by atomic mass is 9.84. The van der Waals surface area contributed by atoms with E-state index in [0.717, 1.165) is 16.8 Å². The summed E-state index contributed by atoms with van der Waals surface area (Å²) in [4.78, 5) is 12.1. The molecular formula is C22H18ClN5O3. The Morgan fingerprint density at radius 2 is 2.13 bits per heavy atom. The van der Waals surface area contributed by atoms with Gasteiger partial charge in [-0.05, 0) is 42.8 Å². The SMILES string of the molecule is Cc1[nH]nc2c1C(c1ccc(OCC(=O)Nc3cccc(Cl)c3)cc1)C(C#N)=C(N)O2. The first-order chi connectivity index (χ1) is 15.0. The fourth-order valence-electron chi connectivity index (χ4n) is 3.40. The van der Waals surface area contributed by atoms with Crippen LogP contribution in [-0.2, 0) is 4.79 Å². The number of carbonyl (C=O) groups excluding carboxylic acids is 1. The number of anilines is 1. The van der Waals surface area contributed by atoms with Crippen LogP contribution in [0.3, 0.4) is 0 Å². The highest BCUT2D eigenvalue weighted by Crippen LogP contribution is 2.42. The fourth-order valence-corrected chi connectivity index (χ4v) is 3.59. The number of benzene rings is 2. The first-order valence-corrected chi connectivity index (χ1v) is 9.74. The second-order valence-corrected chi connectivity index (χ2v) is 7.34. The summed E-state index contributed by atoms with van der Waals surface area (Å²) in [6, 6.07) is 16.1. The lowest BCUT2D eigenvalue weighted by Crippen LogP contribution is -2.21. The Morgan fingerprint density at radius 1 is 1.35 bits per heavy atom. The van der Waals surface area contributed by atoms with Gasteiger partial charge < -0.3 is 20.5 Å². The van der Waals surface area contributed by atoms with Gasteiger partial charge >= 0.3 is 0 Å². The number of rotatable bonds is 5. The highest BCUT2D eigenvalue weighted by atomic mass is 35.5. The summed E-state index contributed by atoms with van der Waals surface area (Å²) in [5, 5.41) is 19.8. The predicted octanol–water partition coefficient (Wildman–Crippen LogP) is 3.61. The van der Waals surface area contributed by atoms with Crippen molar-refractivity contribution in [2.75, 3.05) is 11.9 Å². The van der Waals surface area contributed by atoms with E-state index in [2.05, 4.69) is 21.6 Å².